The lowest BCUT2D eigenvalue weighted by Gasteiger charge is -2.19. The minimum Gasteiger partial charge on any atom is -0.332 e. The number of pyridine rings is 1. The third-order valence-corrected chi connectivity index (χ3v) is 3.61. The Balaban J connectivity index is 2.10. The standard InChI is InChI=1S/C13H16N4OS/c1-2-17(9-11-4-3-7-19-11)13(18)12-6-5-10(16-14)8-15-12/h3-8,16H,2,9,14H2,1H3. The average Bonchev–Trinajstić information content (AvgIpc) is 2.97. The third kappa shape index (κ3) is 3.30. The first kappa shape index (κ1) is 13.5. The molecule has 2 heterocycles. The number of nitrogens with one attached hydrogen (secondary N) is 1. The summed E-state index contributed by atoms with van der Waals surface area (Å²) < 4.78 is 0. The number of nitrogens with two attached hydrogens (primary N) is 1. The Hall–Kier alpha value is -1.92. The second-order valence-corrected chi connectivity index (χ2v) is 5.01. The van der Waals surface area contributed by atoms with Crippen LogP contribution in [0.15, 0.2) is 35.8 Å². The van der Waals surface area contributed by atoms with Crippen molar-refractivity contribution >= 4 is 22.9 Å². The molecular formula is C13H16N4OS. The molecule has 2 rings (SSSR count). The highest BCUT2D eigenvalue weighted by Gasteiger charge is 2.16. The van der Waals surface area contributed by atoms with E-state index in [0.717, 1.165) is 4.88 Å². The van der Waals surface area contributed by atoms with Crippen LogP contribution in [0.2, 0.25) is 0 Å². The molecule has 0 unspecified atom stereocenters. The summed E-state index contributed by atoms with van der Waals surface area (Å²) in [6.07, 6.45) is 1.55. The van der Waals surface area contributed by atoms with E-state index < -0.39 is 0 Å². The molecule has 0 saturated carbocycles. The summed E-state index contributed by atoms with van der Waals surface area (Å²) in [6, 6.07) is 7.42. The molecule has 5 nitrogen and oxygen atoms in total. The van der Waals surface area contributed by atoms with Crippen LogP contribution in [0.5, 0.6) is 0 Å². The summed E-state index contributed by atoms with van der Waals surface area (Å²) in [4.78, 5) is 19.4. The number of thiophene rings is 1. The van der Waals surface area contributed by atoms with Crippen LogP contribution in [0.25, 0.3) is 0 Å². The molecule has 0 bridgehead atoms. The van der Waals surface area contributed by atoms with Crippen LogP contribution in [0, 0.1) is 0 Å². The van der Waals surface area contributed by atoms with Gasteiger partial charge in [-0.1, -0.05) is 6.07 Å². The van der Waals surface area contributed by atoms with Crippen LogP contribution in [-0.4, -0.2) is 22.3 Å². The first-order valence-corrected chi connectivity index (χ1v) is 6.87. The summed E-state index contributed by atoms with van der Waals surface area (Å²) in [5.74, 6) is 5.20. The normalized spacial score (nSPS) is 10.2. The summed E-state index contributed by atoms with van der Waals surface area (Å²) >= 11 is 1.64. The minimum absolute atomic E-state index is 0.0699. The number of carbonyl (C=O) groups is 1. The predicted molar refractivity (Wildman–Crippen MR) is 76.8 cm³/mol. The van der Waals surface area contributed by atoms with E-state index in [0.29, 0.717) is 24.5 Å². The van der Waals surface area contributed by atoms with E-state index in [1.54, 1.807) is 34.6 Å². The number of hydrazine groups is 1. The number of aromatic nitrogens is 1. The van der Waals surface area contributed by atoms with Crippen molar-refractivity contribution in [2.75, 3.05) is 12.0 Å². The Kier molecular flexibility index (Phi) is 4.48. The van der Waals surface area contributed by atoms with Crippen LogP contribution < -0.4 is 11.3 Å². The zero-order valence-corrected chi connectivity index (χ0v) is 11.5. The molecule has 2 aromatic rings. The van der Waals surface area contributed by atoms with Gasteiger partial charge in [-0.25, -0.2) is 4.98 Å². The quantitative estimate of drug-likeness (QED) is 0.648. The van der Waals surface area contributed by atoms with Gasteiger partial charge in [0.15, 0.2) is 0 Å². The SMILES string of the molecule is CCN(Cc1cccs1)C(=O)c1ccc(NN)cn1. The van der Waals surface area contributed by atoms with E-state index in [1.165, 1.54) is 0 Å². The fourth-order valence-corrected chi connectivity index (χ4v) is 2.41. The first-order chi connectivity index (χ1) is 9.24. The van der Waals surface area contributed by atoms with Crippen LogP contribution in [0.4, 0.5) is 5.69 Å². The van der Waals surface area contributed by atoms with Crippen LogP contribution in [-0.2, 0) is 6.54 Å². The minimum atomic E-state index is -0.0699. The number of anilines is 1. The van der Waals surface area contributed by atoms with Gasteiger partial charge < -0.3 is 10.3 Å². The number of nitrogen functional groups attached to an aromatic ring is 1. The Morgan fingerprint density at radius 1 is 1.47 bits per heavy atom. The first-order valence-electron chi connectivity index (χ1n) is 5.99. The van der Waals surface area contributed by atoms with Crippen LogP contribution in [0.1, 0.15) is 22.3 Å². The number of amides is 1. The molecule has 0 atom stereocenters. The van der Waals surface area contributed by atoms with Crippen molar-refractivity contribution in [2.45, 2.75) is 13.5 Å². The molecule has 0 aromatic carbocycles. The van der Waals surface area contributed by atoms with E-state index in [1.807, 2.05) is 24.4 Å². The molecule has 3 N–H and O–H groups in total. The fraction of sp³-hybridized carbons (Fsp3) is 0.231. The van der Waals surface area contributed by atoms with E-state index in [9.17, 15) is 4.79 Å². The van der Waals surface area contributed by atoms with Gasteiger partial charge in [0.2, 0.25) is 0 Å². The molecule has 0 saturated heterocycles. The van der Waals surface area contributed by atoms with Crippen molar-refractivity contribution in [3.8, 4) is 0 Å². The lowest BCUT2D eigenvalue weighted by atomic mass is 10.3. The molecule has 2 aromatic heterocycles. The largest absolute Gasteiger partial charge is 0.332 e. The van der Waals surface area contributed by atoms with E-state index in [2.05, 4.69) is 10.4 Å². The average molecular weight is 276 g/mol. The second kappa shape index (κ2) is 6.31. The molecule has 100 valence electrons. The number of carbonyl (C=O) groups excluding carboxylic acids is 1. The third-order valence-electron chi connectivity index (χ3n) is 2.74. The van der Waals surface area contributed by atoms with Gasteiger partial charge in [0, 0.05) is 11.4 Å². The van der Waals surface area contributed by atoms with Gasteiger partial charge in [0.1, 0.15) is 5.69 Å². The van der Waals surface area contributed by atoms with Crippen LogP contribution in [0.3, 0.4) is 0 Å². The Bertz CT molecular complexity index is 524. The highest BCUT2D eigenvalue weighted by Crippen LogP contribution is 2.14. The van der Waals surface area contributed by atoms with Gasteiger partial charge in [0.25, 0.3) is 5.91 Å². The van der Waals surface area contributed by atoms with E-state index in [4.69, 9.17) is 5.84 Å². The van der Waals surface area contributed by atoms with Crippen molar-refractivity contribution in [1.82, 2.24) is 9.88 Å². The van der Waals surface area contributed by atoms with Gasteiger partial charge in [-0.05, 0) is 30.5 Å². The lowest BCUT2D eigenvalue weighted by Crippen LogP contribution is -2.30. The lowest BCUT2D eigenvalue weighted by molar-refractivity contribution is 0.0748. The Morgan fingerprint density at radius 3 is 2.84 bits per heavy atom. The maximum Gasteiger partial charge on any atom is 0.272 e. The molecule has 0 fully saturated rings. The van der Waals surface area contributed by atoms with Gasteiger partial charge in [-0.3, -0.25) is 10.6 Å². The molecule has 1 amide bonds. The highest BCUT2D eigenvalue weighted by atomic mass is 32.1. The Labute approximate surface area is 116 Å². The van der Waals surface area contributed by atoms with E-state index >= 15 is 0 Å². The van der Waals surface area contributed by atoms with Crippen molar-refractivity contribution < 1.29 is 4.79 Å². The molecule has 0 radical (unpaired) electrons. The van der Waals surface area contributed by atoms with Crippen molar-refractivity contribution in [3.63, 3.8) is 0 Å². The molecule has 6 heteroatoms. The Morgan fingerprint density at radius 2 is 2.32 bits per heavy atom. The number of hydrogen-bond acceptors (Lipinski definition) is 5. The van der Waals surface area contributed by atoms with Crippen molar-refractivity contribution in [3.05, 3.63) is 46.4 Å². The fourth-order valence-electron chi connectivity index (χ4n) is 1.69. The zero-order valence-electron chi connectivity index (χ0n) is 10.7. The van der Waals surface area contributed by atoms with Gasteiger partial charge in [-0.2, -0.15) is 0 Å². The maximum atomic E-state index is 12.3. The van der Waals surface area contributed by atoms with Gasteiger partial charge >= 0.3 is 0 Å². The molecule has 0 spiro atoms. The number of rotatable bonds is 5. The summed E-state index contributed by atoms with van der Waals surface area (Å²) in [5.41, 5.74) is 3.59. The molecule has 0 aliphatic rings. The molecule has 19 heavy (non-hydrogen) atoms. The van der Waals surface area contributed by atoms with Crippen molar-refractivity contribution in [2.24, 2.45) is 5.84 Å². The zero-order chi connectivity index (χ0) is 13.7. The second-order valence-electron chi connectivity index (χ2n) is 3.98. The van der Waals surface area contributed by atoms with Gasteiger partial charge in [-0.15, -0.1) is 11.3 Å². The monoisotopic (exact) mass is 276 g/mol. The van der Waals surface area contributed by atoms with Crippen LogP contribution >= 0.6 is 11.3 Å². The number of hydrogen-bond donors (Lipinski definition) is 2. The maximum absolute atomic E-state index is 12.3. The molecule has 0 aliphatic heterocycles. The predicted octanol–water partition coefficient (Wildman–Crippen LogP) is 2.09. The van der Waals surface area contributed by atoms with Gasteiger partial charge in [0.05, 0.1) is 18.4 Å². The highest BCUT2D eigenvalue weighted by molar-refractivity contribution is 7.09. The summed E-state index contributed by atoms with van der Waals surface area (Å²) in [7, 11) is 0. The topological polar surface area (TPSA) is 71.2 Å². The summed E-state index contributed by atoms with van der Waals surface area (Å²) in [5, 5.41) is 2.01. The molecule has 0 aliphatic carbocycles. The summed E-state index contributed by atoms with van der Waals surface area (Å²) in [6.45, 7) is 3.22. The number of nitrogens with zero attached hydrogens (tertiary/aromatic N) is 2. The van der Waals surface area contributed by atoms with Crippen molar-refractivity contribution in [1.29, 1.82) is 0 Å². The smallest absolute Gasteiger partial charge is 0.272 e. The molecular weight excluding hydrogens is 260 g/mol. The van der Waals surface area contributed by atoms with E-state index in [-0.39, 0.29) is 5.91 Å².